The highest BCUT2D eigenvalue weighted by molar-refractivity contribution is 5.22. The molecule has 0 saturated heterocycles. The Kier molecular flexibility index (Phi) is 3.38. The van der Waals surface area contributed by atoms with E-state index < -0.39 is 17.7 Å². The molecule has 6 heteroatoms. The van der Waals surface area contributed by atoms with Crippen molar-refractivity contribution in [1.82, 2.24) is 14.8 Å². The minimum absolute atomic E-state index is 0.141. The second-order valence-electron chi connectivity index (χ2n) is 4.16. The first-order chi connectivity index (χ1) is 8.47. The summed E-state index contributed by atoms with van der Waals surface area (Å²) in [7, 11) is 0. The Morgan fingerprint density at radius 3 is 2.67 bits per heavy atom. The van der Waals surface area contributed by atoms with Crippen LogP contribution in [-0.4, -0.2) is 14.8 Å². The Labute approximate surface area is 103 Å². The van der Waals surface area contributed by atoms with Gasteiger partial charge in [-0.3, -0.25) is 0 Å². The van der Waals surface area contributed by atoms with Crippen molar-refractivity contribution in [2.75, 3.05) is 0 Å². The number of rotatable bonds is 3. The minimum Gasteiger partial charge on any atom is -0.322 e. The molecule has 0 fully saturated rings. The fraction of sp³-hybridized carbons (Fsp3) is 0.333. The van der Waals surface area contributed by atoms with Crippen molar-refractivity contribution in [3.8, 4) is 0 Å². The third-order valence-corrected chi connectivity index (χ3v) is 2.69. The van der Waals surface area contributed by atoms with Gasteiger partial charge in [-0.05, 0) is 32.0 Å². The highest BCUT2D eigenvalue weighted by Crippen LogP contribution is 2.18. The fourth-order valence-corrected chi connectivity index (χ4v) is 1.82. The van der Waals surface area contributed by atoms with E-state index in [4.69, 9.17) is 5.73 Å². The van der Waals surface area contributed by atoms with Crippen LogP contribution >= 0.6 is 0 Å². The maximum absolute atomic E-state index is 13.5. The van der Waals surface area contributed by atoms with Gasteiger partial charge in [0.2, 0.25) is 0 Å². The Hall–Kier alpha value is -1.82. The summed E-state index contributed by atoms with van der Waals surface area (Å²) in [6.45, 7) is 3.81. The van der Waals surface area contributed by atoms with E-state index in [1.165, 1.54) is 0 Å². The summed E-state index contributed by atoms with van der Waals surface area (Å²) in [5, 5.41) is 4.14. The van der Waals surface area contributed by atoms with Gasteiger partial charge in [-0.15, -0.1) is 0 Å². The van der Waals surface area contributed by atoms with Crippen molar-refractivity contribution in [1.29, 1.82) is 0 Å². The molecule has 0 saturated carbocycles. The number of nitrogens with two attached hydrogens (primary N) is 1. The van der Waals surface area contributed by atoms with E-state index >= 15 is 0 Å². The average molecular weight is 252 g/mol. The standard InChI is InChI=1S/C12H14F2N4/c1-7-16-8(2)18(17-7)6-12(15)10-5-9(13)3-4-11(10)14/h3-5,12H,6,15H2,1-2H3. The molecule has 1 aromatic heterocycles. The molecule has 1 atom stereocenters. The maximum Gasteiger partial charge on any atom is 0.147 e. The van der Waals surface area contributed by atoms with E-state index in [0.29, 0.717) is 11.6 Å². The van der Waals surface area contributed by atoms with Gasteiger partial charge in [0.25, 0.3) is 0 Å². The second kappa shape index (κ2) is 4.81. The number of nitrogens with zero attached hydrogens (tertiary/aromatic N) is 3. The molecule has 0 aliphatic rings. The molecule has 2 rings (SSSR count). The van der Waals surface area contributed by atoms with Gasteiger partial charge in [0, 0.05) is 5.56 Å². The lowest BCUT2D eigenvalue weighted by atomic mass is 10.1. The van der Waals surface area contributed by atoms with Crippen LogP contribution in [0, 0.1) is 25.5 Å². The zero-order valence-corrected chi connectivity index (χ0v) is 10.2. The van der Waals surface area contributed by atoms with Crippen molar-refractivity contribution in [3.05, 3.63) is 47.0 Å². The van der Waals surface area contributed by atoms with Crippen molar-refractivity contribution >= 4 is 0 Å². The molecule has 0 aliphatic heterocycles. The topological polar surface area (TPSA) is 56.7 Å². The fourth-order valence-electron chi connectivity index (χ4n) is 1.82. The van der Waals surface area contributed by atoms with Gasteiger partial charge in [0.05, 0.1) is 12.6 Å². The average Bonchev–Trinajstić information content (AvgIpc) is 2.61. The van der Waals surface area contributed by atoms with Crippen LogP contribution in [0.3, 0.4) is 0 Å². The molecule has 0 radical (unpaired) electrons. The predicted molar refractivity (Wildman–Crippen MR) is 62.8 cm³/mol. The lowest BCUT2D eigenvalue weighted by molar-refractivity contribution is 0.486. The van der Waals surface area contributed by atoms with Crippen LogP contribution in [-0.2, 0) is 6.54 Å². The van der Waals surface area contributed by atoms with Crippen LogP contribution in [0.25, 0.3) is 0 Å². The van der Waals surface area contributed by atoms with Crippen LogP contribution in [0.5, 0.6) is 0 Å². The predicted octanol–water partition coefficient (Wildman–Crippen LogP) is 1.87. The first-order valence-corrected chi connectivity index (χ1v) is 5.56. The number of aromatic nitrogens is 3. The SMILES string of the molecule is Cc1nc(C)n(CC(N)c2cc(F)ccc2F)n1. The monoisotopic (exact) mass is 252 g/mol. The van der Waals surface area contributed by atoms with Gasteiger partial charge in [0.1, 0.15) is 23.3 Å². The van der Waals surface area contributed by atoms with Crippen LogP contribution in [0.4, 0.5) is 8.78 Å². The van der Waals surface area contributed by atoms with Gasteiger partial charge in [-0.1, -0.05) is 0 Å². The highest BCUT2D eigenvalue weighted by atomic mass is 19.1. The molecule has 1 heterocycles. The first-order valence-electron chi connectivity index (χ1n) is 5.56. The summed E-state index contributed by atoms with van der Waals surface area (Å²) in [5.74, 6) is 0.297. The lowest BCUT2D eigenvalue weighted by Gasteiger charge is -2.13. The molecule has 0 spiro atoms. The molecule has 2 N–H and O–H groups in total. The molecule has 18 heavy (non-hydrogen) atoms. The van der Waals surface area contributed by atoms with Gasteiger partial charge >= 0.3 is 0 Å². The Balaban J connectivity index is 2.24. The number of hydrogen-bond donors (Lipinski definition) is 1. The van der Waals surface area contributed by atoms with Gasteiger partial charge in [0.15, 0.2) is 0 Å². The Bertz CT molecular complexity index is 565. The third-order valence-electron chi connectivity index (χ3n) is 2.69. The lowest BCUT2D eigenvalue weighted by Crippen LogP contribution is -2.20. The van der Waals surface area contributed by atoms with Gasteiger partial charge < -0.3 is 5.73 Å². The zero-order valence-electron chi connectivity index (χ0n) is 10.2. The normalized spacial score (nSPS) is 12.7. The third kappa shape index (κ3) is 2.53. The van der Waals surface area contributed by atoms with Crippen molar-refractivity contribution in [2.24, 2.45) is 5.73 Å². The molecule has 2 aromatic rings. The molecule has 4 nitrogen and oxygen atoms in total. The summed E-state index contributed by atoms with van der Waals surface area (Å²) in [6.07, 6.45) is 0. The van der Waals surface area contributed by atoms with E-state index in [1.807, 2.05) is 0 Å². The summed E-state index contributed by atoms with van der Waals surface area (Å²) >= 11 is 0. The second-order valence-corrected chi connectivity index (χ2v) is 4.16. The molecule has 0 bridgehead atoms. The van der Waals surface area contributed by atoms with E-state index in [1.54, 1.807) is 18.5 Å². The Morgan fingerprint density at radius 2 is 2.06 bits per heavy atom. The largest absolute Gasteiger partial charge is 0.322 e. The summed E-state index contributed by atoms with van der Waals surface area (Å²) in [4.78, 5) is 4.13. The molecule has 96 valence electrons. The molecular formula is C12H14F2N4. The van der Waals surface area contributed by atoms with E-state index in [2.05, 4.69) is 10.1 Å². The van der Waals surface area contributed by atoms with Crippen LogP contribution in [0.1, 0.15) is 23.3 Å². The Morgan fingerprint density at radius 1 is 1.33 bits per heavy atom. The number of benzene rings is 1. The van der Waals surface area contributed by atoms with Crippen molar-refractivity contribution in [2.45, 2.75) is 26.4 Å². The number of hydrogen-bond acceptors (Lipinski definition) is 3. The highest BCUT2D eigenvalue weighted by Gasteiger charge is 2.15. The van der Waals surface area contributed by atoms with Gasteiger partial charge in [-0.25, -0.2) is 18.4 Å². The molecule has 0 amide bonds. The number of aryl methyl sites for hydroxylation is 2. The minimum atomic E-state index is -0.666. The summed E-state index contributed by atoms with van der Waals surface area (Å²) in [5.41, 5.74) is 6.02. The van der Waals surface area contributed by atoms with E-state index in [-0.39, 0.29) is 12.1 Å². The number of halogens is 2. The van der Waals surface area contributed by atoms with Crippen molar-refractivity contribution < 1.29 is 8.78 Å². The smallest absolute Gasteiger partial charge is 0.147 e. The van der Waals surface area contributed by atoms with Gasteiger partial charge in [-0.2, -0.15) is 5.10 Å². The van der Waals surface area contributed by atoms with Crippen LogP contribution in [0.15, 0.2) is 18.2 Å². The maximum atomic E-state index is 13.5. The molecule has 1 aromatic carbocycles. The quantitative estimate of drug-likeness (QED) is 0.907. The van der Waals surface area contributed by atoms with Crippen LogP contribution < -0.4 is 5.73 Å². The van der Waals surface area contributed by atoms with E-state index in [0.717, 1.165) is 18.2 Å². The summed E-state index contributed by atoms with van der Waals surface area (Å²) < 4.78 is 28.2. The van der Waals surface area contributed by atoms with E-state index in [9.17, 15) is 8.78 Å². The summed E-state index contributed by atoms with van der Waals surface area (Å²) in [6, 6.07) is 2.58. The molecule has 0 aliphatic carbocycles. The molecule has 1 unspecified atom stereocenters. The molecular weight excluding hydrogens is 238 g/mol. The van der Waals surface area contributed by atoms with Crippen LogP contribution in [0.2, 0.25) is 0 Å². The van der Waals surface area contributed by atoms with Crippen molar-refractivity contribution in [3.63, 3.8) is 0 Å². The first kappa shape index (κ1) is 12.6. The zero-order chi connectivity index (χ0) is 13.3.